The lowest BCUT2D eigenvalue weighted by Gasteiger charge is -2.30. The highest BCUT2D eigenvalue weighted by molar-refractivity contribution is 7.88. The Hall–Kier alpha value is -2.77. The first-order valence-electron chi connectivity index (χ1n) is 11.0. The van der Waals surface area contributed by atoms with E-state index in [0.717, 1.165) is 47.7 Å². The van der Waals surface area contributed by atoms with Gasteiger partial charge in [-0.05, 0) is 55.9 Å². The van der Waals surface area contributed by atoms with Crippen LogP contribution in [0.3, 0.4) is 0 Å². The van der Waals surface area contributed by atoms with Crippen LogP contribution in [0.4, 0.5) is 0 Å². The molecule has 4 bridgehead atoms. The standard InChI is InChI=1S/C25H27N3O3S/c1-17-22-11-13-26-24(27-22)25(12-10-20(16-25)28-32(2,29)30)15-18-6-5-7-19(14-18)21-8-3-4-9-23(21)31-17/h3-9,11,13-14,17,20,28H,10,12,15-16H2,1-2H3/t17-,20-,25+/m0/s1. The van der Waals surface area contributed by atoms with Gasteiger partial charge in [0.25, 0.3) is 0 Å². The van der Waals surface area contributed by atoms with E-state index in [4.69, 9.17) is 9.72 Å². The lowest BCUT2D eigenvalue weighted by atomic mass is 9.78. The van der Waals surface area contributed by atoms with Crippen LogP contribution in [0.1, 0.15) is 49.4 Å². The van der Waals surface area contributed by atoms with Gasteiger partial charge in [-0.3, -0.25) is 0 Å². The number of aromatic nitrogens is 2. The van der Waals surface area contributed by atoms with E-state index < -0.39 is 10.0 Å². The number of ether oxygens (including phenoxy) is 1. The molecule has 1 aromatic heterocycles. The molecule has 1 aliphatic carbocycles. The van der Waals surface area contributed by atoms with Crippen molar-refractivity contribution in [3.05, 3.63) is 77.9 Å². The molecule has 0 amide bonds. The van der Waals surface area contributed by atoms with Crippen molar-refractivity contribution in [1.29, 1.82) is 0 Å². The fourth-order valence-electron chi connectivity index (χ4n) is 5.13. The molecule has 1 aliphatic heterocycles. The smallest absolute Gasteiger partial charge is 0.208 e. The maximum absolute atomic E-state index is 11.9. The lowest BCUT2D eigenvalue weighted by molar-refractivity contribution is 0.221. The van der Waals surface area contributed by atoms with Gasteiger partial charge in [-0.25, -0.2) is 23.1 Å². The third kappa shape index (κ3) is 4.14. The Labute approximate surface area is 189 Å². The van der Waals surface area contributed by atoms with Crippen LogP contribution >= 0.6 is 0 Å². The predicted octanol–water partition coefficient (Wildman–Crippen LogP) is 4.18. The quantitative estimate of drug-likeness (QED) is 0.635. The molecule has 166 valence electrons. The Morgan fingerprint density at radius 3 is 2.81 bits per heavy atom. The molecule has 2 aliphatic rings. The van der Waals surface area contributed by atoms with Crippen molar-refractivity contribution in [3.63, 3.8) is 0 Å². The summed E-state index contributed by atoms with van der Waals surface area (Å²) in [6, 6.07) is 18.4. The molecule has 3 atom stereocenters. The van der Waals surface area contributed by atoms with Gasteiger partial charge in [0.15, 0.2) is 0 Å². The molecule has 1 N–H and O–H groups in total. The van der Waals surface area contributed by atoms with E-state index in [1.807, 2.05) is 31.2 Å². The van der Waals surface area contributed by atoms with Crippen LogP contribution < -0.4 is 9.46 Å². The van der Waals surface area contributed by atoms with Crippen LogP contribution in [-0.2, 0) is 21.9 Å². The molecular weight excluding hydrogens is 422 g/mol. The first-order chi connectivity index (χ1) is 15.3. The summed E-state index contributed by atoms with van der Waals surface area (Å²) < 4.78 is 32.9. The van der Waals surface area contributed by atoms with Gasteiger partial charge in [-0.1, -0.05) is 42.5 Å². The SMILES string of the molecule is C[C@@H]1Oc2ccccc2-c2cccc(c2)C[C@@]2(CC[C@H](NS(C)(=O)=O)C2)c2nccc1n2. The molecule has 0 saturated heterocycles. The van der Waals surface area contributed by atoms with Crippen LogP contribution in [0.25, 0.3) is 11.1 Å². The Balaban J connectivity index is 1.64. The van der Waals surface area contributed by atoms with Crippen molar-refractivity contribution in [2.24, 2.45) is 0 Å². The third-order valence-electron chi connectivity index (χ3n) is 6.53. The molecule has 5 rings (SSSR count). The molecule has 0 radical (unpaired) electrons. The molecule has 7 heteroatoms. The molecule has 2 aromatic carbocycles. The van der Waals surface area contributed by atoms with E-state index in [9.17, 15) is 8.42 Å². The Kier molecular flexibility index (Phi) is 5.26. The summed E-state index contributed by atoms with van der Waals surface area (Å²) in [5.41, 5.74) is 3.82. The van der Waals surface area contributed by atoms with Crippen LogP contribution in [0.15, 0.2) is 60.8 Å². The van der Waals surface area contributed by atoms with Crippen molar-refractivity contribution in [1.82, 2.24) is 14.7 Å². The number of benzene rings is 2. The van der Waals surface area contributed by atoms with Crippen molar-refractivity contribution in [3.8, 4) is 16.9 Å². The number of para-hydroxylation sites is 1. The van der Waals surface area contributed by atoms with Crippen molar-refractivity contribution >= 4 is 10.0 Å². The molecule has 1 saturated carbocycles. The predicted molar refractivity (Wildman–Crippen MR) is 124 cm³/mol. The maximum Gasteiger partial charge on any atom is 0.208 e. The minimum absolute atomic E-state index is 0.122. The summed E-state index contributed by atoms with van der Waals surface area (Å²) in [7, 11) is -3.28. The molecule has 2 heterocycles. The zero-order valence-corrected chi connectivity index (χ0v) is 19.1. The number of fused-ring (bicyclic) bond motifs is 7. The van der Waals surface area contributed by atoms with E-state index in [1.165, 1.54) is 11.8 Å². The highest BCUT2D eigenvalue weighted by atomic mass is 32.2. The molecule has 32 heavy (non-hydrogen) atoms. The Morgan fingerprint density at radius 2 is 1.97 bits per heavy atom. The minimum atomic E-state index is -3.28. The van der Waals surface area contributed by atoms with E-state index in [-0.39, 0.29) is 17.6 Å². The number of nitrogens with one attached hydrogen (secondary N) is 1. The van der Waals surface area contributed by atoms with Gasteiger partial charge in [0.05, 0.1) is 11.9 Å². The van der Waals surface area contributed by atoms with Gasteiger partial charge in [0.2, 0.25) is 10.0 Å². The van der Waals surface area contributed by atoms with Crippen molar-refractivity contribution < 1.29 is 13.2 Å². The summed E-state index contributed by atoms with van der Waals surface area (Å²) in [5.74, 6) is 1.59. The van der Waals surface area contributed by atoms with E-state index in [0.29, 0.717) is 6.42 Å². The van der Waals surface area contributed by atoms with Crippen LogP contribution in [0.5, 0.6) is 5.75 Å². The second-order valence-corrected chi connectivity index (χ2v) is 10.8. The molecular formula is C25H27N3O3S. The number of rotatable bonds is 2. The van der Waals surface area contributed by atoms with Crippen molar-refractivity contribution in [2.45, 2.75) is 50.2 Å². The van der Waals surface area contributed by atoms with E-state index in [2.05, 4.69) is 40.0 Å². The van der Waals surface area contributed by atoms with Crippen LogP contribution in [0, 0.1) is 0 Å². The monoisotopic (exact) mass is 449 g/mol. The first-order valence-corrected chi connectivity index (χ1v) is 12.9. The molecule has 6 nitrogen and oxygen atoms in total. The second-order valence-electron chi connectivity index (χ2n) is 9.05. The fraction of sp³-hybridized carbons (Fsp3) is 0.360. The van der Waals surface area contributed by atoms with Gasteiger partial charge < -0.3 is 4.74 Å². The molecule has 0 unspecified atom stereocenters. The number of hydrogen-bond donors (Lipinski definition) is 1. The molecule has 3 aromatic rings. The van der Waals surface area contributed by atoms with Gasteiger partial charge in [-0.2, -0.15) is 0 Å². The zero-order valence-electron chi connectivity index (χ0n) is 18.3. The Bertz CT molecular complexity index is 1260. The van der Waals surface area contributed by atoms with Gasteiger partial charge in [0.1, 0.15) is 17.7 Å². The number of nitrogens with zero attached hydrogens (tertiary/aromatic N) is 2. The molecule has 1 fully saturated rings. The highest BCUT2D eigenvalue weighted by Gasteiger charge is 2.44. The summed E-state index contributed by atoms with van der Waals surface area (Å²) in [6.07, 6.45) is 5.77. The topological polar surface area (TPSA) is 81.2 Å². The third-order valence-corrected chi connectivity index (χ3v) is 7.29. The number of hydrogen-bond acceptors (Lipinski definition) is 5. The summed E-state index contributed by atoms with van der Waals surface area (Å²) in [6.45, 7) is 2.00. The van der Waals surface area contributed by atoms with Gasteiger partial charge in [-0.15, -0.1) is 0 Å². The van der Waals surface area contributed by atoms with Gasteiger partial charge in [0, 0.05) is 23.2 Å². The average molecular weight is 450 g/mol. The summed E-state index contributed by atoms with van der Waals surface area (Å²) >= 11 is 0. The lowest BCUT2D eigenvalue weighted by Crippen LogP contribution is -2.36. The van der Waals surface area contributed by atoms with Crippen LogP contribution in [0.2, 0.25) is 0 Å². The van der Waals surface area contributed by atoms with Crippen molar-refractivity contribution in [2.75, 3.05) is 6.26 Å². The zero-order chi connectivity index (χ0) is 22.3. The normalized spacial score (nSPS) is 24.8. The second kappa shape index (κ2) is 7.98. The average Bonchev–Trinajstić information content (AvgIpc) is 3.15. The number of sulfonamides is 1. The van der Waals surface area contributed by atoms with Crippen LogP contribution in [-0.4, -0.2) is 30.7 Å². The maximum atomic E-state index is 11.9. The van der Waals surface area contributed by atoms with Gasteiger partial charge >= 0.3 is 0 Å². The minimum Gasteiger partial charge on any atom is -0.484 e. The Morgan fingerprint density at radius 1 is 1.12 bits per heavy atom. The highest BCUT2D eigenvalue weighted by Crippen LogP contribution is 2.44. The first kappa shape index (κ1) is 21.1. The fourth-order valence-corrected chi connectivity index (χ4v) is 5.93. The largest absolute Gasteiger partial charge is 0.484 e. The van der Waals surface area contributed by atoms with E-state index in [1.54, 1.807) is 6.20 Å². The van der Waals surface area contributed by atoms with E-state index >= 15 is 0 Å². The summed E-state index contributed by atoms with van der Waals surface area (Å²) in [4.78, 5) is 9.63. The molecule has 1 spiro atoms. The summed E-state index contributed by atoms with van der Waals surface area (Å²) in [5, 5.41) is 0.